The van der Waals surface area contributed by atoms with Crippen LogP contribution in [0.4, 0.5) is 17.6 Å². The first-order chi connectivity index (χ1) is 16.4. The van der Waals surface area contributed by atoms with E-state index in [1.165, 1.54) is 12.1 Å². The van der Waals surface area contributed by atoms with E-state index in [1.807, 2.05) is 36.4 Å². The molecule has 5 rings (SSSR count). The van der Waals surface area contributed by atoms with Gasteiger partial charge in [-0.25, -0.2) is 4.39 Å². The summed E-state index contributed by atoms with van der Waals surface area (Å²) in [4.78, 5) is 0. The summed E-state index contributed by atoms with van der Waals surface area (Å²) >= 11 is 0. The number of halogens is 4. The third-order valence-corrected chi connectivity index (χ3v) is 5.52. The molecule has 0 radical (unpaired) electrons. The molecule has 2 aromatic heterocycles. The van der Waals surface area contributed by atoms with Crippen molar-refractivity contribution in [2.24, 2.45) is 0 Å². The molecular weight excluding hydrogens is 450 g/mol. The van der Waals surface area contributed by atoms with E-state index in [1.54, 1.807) is 18.2 Å². The van der Waals surface area contributed by atoms with E-state index in [-0.39, 0.29) is 18.0 Å². The summed E-state index contributed by atoms with van der Waals surface area (Å²) in [6.07, 6.45) is -2.20. The lowest BCUT2D eigenvalue weighted by Crippen LogP contribution is -2.27. The normalized spacial score (nSPS) is 16.5. The maximum absolute atomic E-state index is 14.7. The molecule has 4 aromatic rings. The highest BCUT2D eigenvalue weighted by atomic mass is 19.4. The van der Waals surface area contributed by atoms with Crippen molar-refractivity contribution < 1.29 is 22.3 Å². The third-order valence-electron chi connectivity index (χ3n) is 5.52. The zero-order valence-electron chi connectivity index (χ0n) is 17.8. The third kappa shape index (κ3) is 4.49. The quantitative estimate of drug-likeness (QED) is 0.418. The molecule has 2 aromatic carbocycles. The first-order valence-electron chi connectivity index (χ1n) is 10.6. The summed E-state index contributed by atoms with van der Waals surface area (Å²) in [5.41, 5.74) is 2.85. The number of aromatic nitrogens is 4. The average Bonchev–Trinajstić information content (AvgIpc) is 3.28. The Morgan fingerprint density at radius 1 is 1.03 bits per heavy atom. The van der Waals surface area contributed by atoms with Gasteiger partial charge in [-0.3, -0.25) is 0 Å². The van der Waals surface area contributed by atoms with Crippen LogP contribution in [0.1, 0.15) is 35.1 Å². The number of alkyl halides is 3. The molecule has 6 nitrogen and oxygen atoms in total. The van der Waals surface area contributed by atoms with E-state index in [2.05, 4.69) is 20.6 Å². The van der Waals surface area contributed by atoms with Gasteiger partial charge in [0.1, 0.15) is 6.61 Å². The highest BCUT2D eigenvalue weighted by Crippen LogP contribution is 2.31. The van der Waals surface area contributed by atoms with Crippen molar-refractivity contribution in [2.45, 2.75) is 25.2 Å². The molecule has 3 heterocycles. The molecule has 1 aliphatic heterocycles. The molecule has 0 amide bonds. The first-order valence-corrected chi connectivity index (χ1v) is 10.6. The largest absolute Gasteiger partial charge is 0.486 e. The Bertz CT molecular complexity index is 1350. The summed E-state index contributed by atoms with van der Waals surface area (Å²) in [7, 11) is 0. The van der Waals surface area contributed by atoms with Gasteiger partial charge in [-0.05, 0) is 47.4 Å². The molecule has 0 saturated carbocycles. The number of nitrogens with zero attached hydrogens (tertiary/aromatic N) is 4. The smallest absolute Gasteiger partial charge is 0.453 e. The lowest BCUT2D eigenvalue weighted by atomic mass is 9.95. The van der Waals surface area contributed by atoms with E-state index in [9.17, 15) is 17.6 Å². The standard InChI is InChI=1S/C24H19F4N5O/c25-18-12-16(6-8-21(18)34-14-15-4-2-1-3-5-15)17-10-11-29-20(13-17)19-7-9-22-30-31-23(24(26,27)28)33(22)32-19/h1-9,12-13,20,29H,10-11,14H2. The molecule has 1 aliphatic rings. The molecule has 1 atom stereocenters. The maximum atomic E-state index is 14.7. The van der Waals surface area contributed by atoms with Crippen LogP contribution in [-0.2, 0) is 12.8 Å². The van der Waals surface area contributed by atoms with Gasteiger partial charge < -0.3 is 10.1 Å². The van der Waals surface area contributed by atoms with Gasteiger partial charge in [-0.1, -0.05) is 42.5 Å². The monoisotopic (exact) mass is 469 g/mol. The molecular formula is C24H19F4N5O. The molecule has 0 saturated heterocycles. The highest BCUT2D eigenvalue weighted by Gasteiger charge is 2.37. The summed E-state index contributed by atoms with van der Waals surface area (Å²) in [5, 5.41) is 14.1. The van der Waals surface area contributed by atoms with Crippen molar-refractivity contribution in [3.63, 3.8) is 0 Å². The van der Waals surface area contributed by atoms with E-state index in [4.69, 9.17) is 4.74 Å². The number of fused-ring (bicyclic) bond motifs is 1. The molecule has 1 N–H and O–H groups in total. The fourth-order valence-corrected chi connectivity index (χ4v) is 3.83. The second-order valence-corrected chi connectivity index (χ2v) is 7.84. The van der Waals surface area contributed by atoms with Crippen molar-refractivity contribution in [2.75, 3.05) is 6.54 Å². The van der Waals surface area contributed by atoms with E-state index in [0.29, 0.717) is 28.7 Å². The van der Waals surface area contributed by atoms with Gasteiger partial charge in [0.15, 0.2) is 17.2 Å². The average molecular weight is 469 g/mol. The Morgan fingerprint density at radius 3 is 2.62 bits per heavy atom. The summed E-state index contributed by atoms with van der Waals surface area (Å²) in [6, 6.07) is 16.8. The van der Waals surface area contributed by atoms with Crippen LogP contribution < -0.4 is 10.1 Å². The van der Waals surface area contributed by atoms with Crippen LogP contribution >= 0.6 is 0 Å². The molecule has 0 aliphatic carbocycles. The minimum absolute atomic E-state index is 0.00394. The van der Waals surface area contributed by atoms with Crippen LogP contribution in [0.5, 0.6) is 5.75 Å². The van der Waals surface area contributed by atoms with Crippen molar-refractivity contribution in [1.29, 1.82) is 0 Å². The van der Waals surface area contributed by atoms with Crippen molar-refractivity contribution in [1.82, 2.24) is 25.1 Å². The van der Waals surface area contributed by atoms with Gasteiger partial charge in [0.25, 0.3) is 5.82 Å². The predicted molar refractivity (Wildman–Crippen MR) is 116 cm³/mol. The van der Waals surface area contributed by atoms with Gasteiger partial charge >= 0.3 is 6.18 Å². The number of hydrogen-bond donors (Lipinski definition) is 1. The number of nitrogens with one attached hydrogen (secondary N) is 1. The summed E-state index contributed by atoms with van der Waals surface area (Å²) in [5.74, 6) is -1.51. The van der Waals surface area contributed by atoms with E-state index < -0.39 is 23.9 Å². The molecule has 174 valence electrons. The molecule has 10 heteroatoms. The topological polar surface area (TPSA) is 64.3 Å². The predicted octanol–water partition coefficient (Wildman–Crippen LogP) is 4.98. The van der Waals surface area contributed by atoms with E-state index in [0.717, 1.165) is 11.1 Å². The van der Waals surface area contributed by atoms with Gasteiger partial charge in [-0.2, -0.15) is 22.8 Å². The molecule has 0 bridgehead atoms. The van der Waals surface area contributed by atoms with Crippen LogP contribution in [0.15, 0.2) is 66.7 Å². The number of hydrogen-bond acceptors (Lipinski definition) is 5. The lowest BCUT2D eigenvalue weighted by molar-refractivity contribution is -0.146. The minimum atomic E-state index is -4.67. The maximum Gasteiger partial charge on any atom is 0.453 e. The highest BCUT2D eigenvalue weighted by molar-refractivity contribution is 5.68. The van der Waals surface area contributed by atoms with Crippen LogP contribution in [0.2, 0.25) is 0 Å². The zero-order chi connectivity index (χ0) is 23.7. The van der Waals surface area contributed by atoms with Crippen molar-refractivity contribution in [3.05, 3.63) is 95.2 Å². The number of ether oxygens (including phenoxy) is 1. The first kappa shape index (κ1) is 22.0. The van der Waals surface area contributed by atoms with Crippen LogP contribution in [0.3, 0.4) is 0 Å². The molecule has 0 fully saturated rings. The molecule has 1 unspecified atom stereocenters. The Kier molecular flexibility index (Phi) is 5.74. The van der Waals surface area contributed by atoms with Crippen LogP contribution in [0.25, 0.3) is 11.2 Å². The Balaban J connectivity index is 1.38. The van der Waals surface area contributed by atoms with Gasteiger partial charge in [0, 0.05) is 6.54 Å². The second kappa shape index (κ2) is 8.86. The zero-order valence-corrected chi connectivity index (χ0v) is 17.8. The fourth-order valence-electron chi connectivity index (χ4n) is 3.83. The number of benzene rings is 2. The Hall–Kier alpha value is -3.79. The van der Waals surface area contributed by atoms with Gasteiger partial charge in [-0.15, -0.1) is 10.2 Å². The van der Waals surface area contributed by atoms with Gasteiger partial charge in [0.05, 0.1) is 11.7 Å². The van der Waals surface area contributed by atoms with E-state index >= 15 is 0 Å². The second-order valence-electron chi connectivity index (χ2n) is 7.84. The van der Waals surface area contributed by atoms with Crippen LogP contribution in [-0.4, -0.2) is 26.4 Å². The lowest BCUT2D eigenvalue weighted by Gasteiger charge is -2.23. The van der Waals surface area contributed by atoms with Crippen molar-refractivity contribution >= 4 is 11.2 Å². The molecule has 34 heavy (non-hydrogen) atoms. The van der Waals surface area contributed by atoms with Gasteiger partial charge in [0.2, 0.25) is 0 Å². The SMILES string of the molecule is Fc1cc(C2=CC(c3ccc4nnc(C(F)(F)F)n4n3)NCC2)ccc1OCc1ccccc1. The number of rotatable bonds is 5. The fraction of sp³-hybridized carbons (Fsp3) is 0.208. The van der Waals surface area contributed by atoms with Crippen LogP contribution in [0, 0.1) is 5.82 Å². The Labute approximate surface area is 191 Å². The Morgan fingerprint density at radius 2 is 1.85 bits per heavy atom. The molecule has 0 spiro atoms. The summed E-state index contributed by atoms with van der Waals surface area (Å²) < 4.78 is 60.6. The minimum Gasteiger partial charge on any atom is -0.486 e. The summed E-state index contributed by atoms with van der Waals surface area (Å²) in [6.45, 7) is 0.807. The van der Waals surface area contributed by atoms with Crippen molar-refractivity contribution in [3.8, 4) is 5.75 Å².